The number of methoxy groups -OCH3 is 1. The fourth-order valence-electron chi connectivity index (χ4n) is 3.32. The highest BCUT2D eigenvalue weighted by Gasteiger charge is 2.33. The second kappa shape index (κ2) is 7.82. The zero-order chi connectivity index (χ0) is 18.8. The minimum atomic E-state index is -0.163. The molecule has 27 heavy (non-hydrogen) atoms. The predicted molar refractivity (Wildman–Crippen MR) is 102 cm³/mol. The average Bonchev–Trinajstić information content (AvgIpc) is 3.16. The number of rotatable bonds is 8. The summed E-state index contributed by atoms with van der Waals surface area (Å²) in [4.78, 5) is 34.9. The number of ether oxygens (including phenoxy) is 1. The number of aromatic nitrogens is 2. The number of carbonyl (C=O) groups is 2. The minimum absolute atomic E-state index is 0.0612. The van der Waals surface area contributed by atoms with Crippen molar-refractivity contribution in [1.82, 2.24) is 19.4 Å². The summed E-state index contributed by atoms with van der Waals surface area (Å²) < 4.78 is 6.97. The largest absolute Gasteiger partial charge is 0.383 e. The van der Waals surface area contributed by atoms with E-state index < -0.39 is 0 Å². The van der Waals surface area contributed by atoms with Crippen molar-refractivity contribution in [2.75, 3.05) is 33.4 Å². The van der Waals surface area contributed by atoms with Crippen LogP contribution in [0, 0.1) is 5.92 Å². The maximum absolute atomic E-state index is 13.0. The molecule has 1 aliphatic carbocycles. The van der Waals surface area contributed by atoms with Crippen LogP contribution in [0.3, 0.4) is 0 Å². The van der Waals surface area contributed by atoms with Gasteiger partial charge in [0.05, 0.1) is 13.2 Å². The van der Waals surface area contributed by atoms with Crippen LogP contribution in [0.4, 0.5) is 0 Å². The second-order valence-corrected chi connectivity index (χ2v) is 8.17. The quantitative estimate of drug-likeness (QED) is 0.695. The Hall–Kier alpha value is -2.19. The summed E-state index contributed by atoms with van der Waals surface area (Å²) in [7, 11) is 1.62. The summed E-state index contributed by atoms with van der Waals surface area (Å²) in [5.41, 5.74) is 0.333. The van der Waals surface area contributed by atoms with E-state index >= 15 is 0 Å². The molecule has 3 heterocycles. The highest BCUT2D eigenvalue weighted by atomic mass is 32.1. The van der Waals surface area contributed by atoms with Crippen LogP contribution >= 0.6 is 11.3 Å². The zero-order valence-corrected chi connectivity index (χ0v) is 16.3. The lowest BCUT2D eigenvalue weighted by molar-refractivity contribution is 0.0677. The third-order valence-electron chi connectivity index (χ3n) is 5.04. The van der Waals surface area contributed by atoms with Crippen molar-refractivity contribution >= 4 is 23.2 Å². The van der Waals surface area contributed by atoms with Gasteiger partial charge in [0, 0.05) is 44.4 Å². The van der Waals surface area contributed by atoms with Gasteiger partial charge in [0.1, 0.15) is 5.69 Å². The van der Waals surface area contributed by atoms with E-state index in [1.54, 1.807) is 29.5 Å². The van der Waals surface area contributed by atoms with E-state index in [2.05, 4.69) is 4.98 Å². The van der Waals surface area contributed by atoms with Crippen molar-refractivity contribution in [3.8, 4) is 0 Å². The second-order valence-electron chi connectivity index (χ2n) is 7.14. The lowest BCUT2D eigenvalue weighted by Crippen LogP contribution is -2.41. The molecule has 1 aliphatic heterocycles. The topological polar surface area (TPSA) is 67.7 Å². The Morgan fingerprint density at radius 2 is 2.26 bits per heavy atom. The van der Waals surface area contributed by atoms with Crippen LogP contribution in [-0.4, -0.2) is 64.5 Å². The SMILES string of the molecule is COCCN(Cc1cccs1)C(=O)c1cn2c(n1)C(=O)N(CC1CC1)CC2. The third-order valence-corrected chi connectivity index (χ3v) is 5.90. The van der Waals surface area contributed by atoms with E-state index in [1.165, 1.54) is 12.8 Å². The van der Waals surface area contributed by atoms with Crippen molar-refractivity contribution in [2.24, 2.45) is 5.92 Å². The molecule has 0 radical (unpaired) electrons. The first-order valence-electron chi connectivity index (χ1n) is 9.32. The van der Waals surface area contributed by atoms with Crippen molar-refractivity contribution in [3.63, 3.8) is 0 Å². The molecule has 0 bridgehead atoms. The molecule has 2 amide bonds. The zero-order valence-electron chi connectivity index (χ0n) is 15.5. The van der Waals surface area contributed by atoms with Gasteiger partial charge in [-0.1, -0.05) is 6.07 Å². The van der Waals surface area contributed by atoms with Gasteiger partial charge in [-0.05, 0) is 30.2 Å². The molecule has 2 aliphatic rings. The van der Waals surface area contributed by atoms with Gasteiger partial charge in [0.15, 0.2) is 5.82 Å². The fourth-order valence-corrected chi connectivity index (χ4v) is 4.04. The number of hydrogen-bond donors (Lipinski definition) is 0. The van der Waals surface area contributed by atoms with Crippen LogP contribution in [0.5, 0.6) is 0 Å². The first-order valence-corrected chi connectivity index (χ1v) is 10.2. The van der Waals surface area contributed by atoms with E-state index in [0.29, 0.717) is 50.2 Å². The number of nitrogens with zero attached hydrogens (tertiary/aromatic N) is 4. The number of carbonyl (C=O) groups excluding carboxylic acids is 2. The molecule has 1 fully saturated rings. The molecule has 0 aromatic carbocycles. The van der Waals surface area contributed by atoms with Gasteiger partial charge in [0.25, 0.3) is 11.8 Å². The maximum Gasteiger partial charge on any atom is 0.289 e. The molecule has 0 unspecified atom stereocenters. The predicted octanol–water partition coefficient (Wildman–Crippen LogP) is 2.10. The summed E-state index contributed by atoms with van der Waals surface area (Å²) in [6.45, 7) is 3.65. The first kappa shape index (κ1) is 18.2. The van der Waals surface area contributed by atoms with Gasteiger partial charge in [-0.15, -0.1) is 11.3 Å². The minimum Gasteiger partial charge on any atom is -0.383 e. The standard InChI is InChI=1S/C19H24N4O3S/c1-26-9-8-23(12-15-3-2-10-27-15)18(24)16-13-21-6-7-22(11-14-4-5-14)19(25)17(21)20-16/h2-3,10,13-14H,4-9,11-12H2,1H3. The summed E-state index contributed by atoms with van der Waals surface area (Å²) in [5, 5.41) is 2.00. The molecule has 2 aromatic rings. The lowest BCUT2D eigenvalue weighted by Gasteiger charge is -2.27. The molecular formula is C19H24N4O3S. The normalized spacial score (nSPS) is 16.5. The third kappa shape index (κ3) is 4.06. The van der Waals surface area contributed by atoms with E-state index in [9.17, 15) is 9.59 Å². The smallest absolute Gasteiger partial charge is 0.289 e. The molecule has 0 atom stereocenters. The highest BCUT2D eigenvalue weighted by Crippen LogP contribution is 2.30. The monoisotopic (exact) mass is 388 g/mol. The number of amides is 2. The molecule has 4 rings (SSSR count). The van der Waals surface area contributed by atoms with Gasteiger partial charge >= 0.3 is 0 Å². The molecular weight excluding hydrogens is 364 g/mol. The Morgan fingerprint density at radius 3 is 2.96 bits per heavy atom. The maximum atomic E-state index is 13.0. The Morgan fingerprint density at radius 1 is 1.41 bits per heavy atom. The van der Waals surface area contributed by atoms with E-state index in [0.717, 1.165) is 11.4 Å². The van der Waals surface area contributed by atoms with Gasteiger partial charge in [0.2, 0.25) is 0 Å². The summed E-state index contributed by atoms with van der Waals surface area (Å²) in [6.07, 6.45) is 4.14. The summed E-state index contributed by atoms with van der Waals surface area (Å²) in [5.74, 6) is 0.803. The van der Waals surface area contributed by atoms with Crippen molar-refractivity contribution in [1.29, 1.82) is 0 Å². The van der Waals surface area contributed by atoms with E-state index in [4.69, 9.17) is 4.74 Å². The molecule has 0 spiro atoms. The summed E-state index contributed by atoms with van der Waals surface area (Å²) in [6, 6.07) is 3.98. The number of hydrogen-bond acceptors (Lipinski definition) is 5. The van der Waals surface area contributed by atoms with Crippen molar-refractivity contribution in [2.45, 2.75) is 25.9 Å². The van der Waals surface area contributed by atoms with Gasteiger partial charge in [-0.2, -0.15) is 0 Å². The van der Waals surface area contributed by atoms with Gasteiger partial charge in [-0.25, -0.2) is 4.98 Å². The number of fused-ring (bicyclic) bond motifs is 1. The average molecular weight is 388 g/mol. The lowest BCUT2D eigenvalue weighted by atomic mass is 10.3. The van der Waals surface area contributed by atoms with Crippen LogP contribution in [0.2, 0.25) is 0 Å². The molecule has 2 aromatic heterocycles. The van der Waals surface area contributed by atoms with Crippen LogP contribution < -0.4 is 0 Å². The van der Waals surface area contributed by atoms with Gasteiger partial charge in [-0.3, -0.25) is 9.59 Å². The molecule has 7 nitrogen and oxygen atoms in total. The molecule has 8 heteroatoms. The van der Waals surface area contributed by atoms with E-state index in [1.807, 2.05) is 27.0 Å². The van der Waals surface area contributed by atoms with Crippen LogP contribution in [0.25, 0.3) is 0 Å². The summed E-state index contributed by atoms with van der Waals surface area (Å²) >= 11 is 1.62. The molecule has 144 valence electrons. The Labute approximate surface area is 162 Å². The Bertz CT molecular complexity index is 813. The van der Waals surface area contributed by atoms with Crippen molar-refractivity contribution < 1.29 is 14.3 Å². The first-order chi connectivity index (χ1) is 13.2. The van der Waals surface area contributed by atoms with E-state index in [-0.39, 0.29) is 11.8 Å². The van der Waals surface area contributed by atoms with Gasteiger partial charge < -0.3 is 19.1 Å². The van der Waals surface area contributed by atoms with Crippen LogP contribution in [0.15, 0.2) is 23.7 Å². The Balaban J connectivity index is 1.51. The Kier molecular flexibility index (Phi) is 5.27. The van der Waals surface area contributed by atoms with Crippen LogP contribution in [-0.2, 0) is 17.8 Å². The fraction of sp³-hybridized carbons (Fsp3) is 0.526. The number of thiophene rings is 1. The molecule has 0 saturated heterocycles. The molecule has 1 saturated carbocycles. The highest BCUT2D eigenvalue weighted by molar-refractivity contribution is 7.09. The molecule has 0 N–H and O–H groups in total. The number of imidazole rings is 1. The van der Waals surface area contributed by atoms with Crippen LogP contribution in [0.1, 0.15) is 38.8 Å². The van der Waals surface area contributed by atoms with Crippen molar-refractivity contribution in [3.05, 3.63) is 40.1 Å².